The summed E-state index contributed by atoms with van der Waals surface area (Å²) in [5.74, 6) is 0. The fourth-order valence-corrected chi connectivity index (χ4v) is 1.53. The first-order valence-corrected chi connectivity index (χ1v) is 5.22. The van der Waals surface area contributed by atoms with Crippen LogP contribution in [0.4, 0.5) is 13.2 Å². The molecule has 2 rings (SSSR count). The topological polar surface area (TPSA) is 27.1 Å². The van der Waals surface area contributed by atoms with Crippen LogP contribution in [0.2, 0.25) is 0 Å². The van der Waals surface area contributed by atoms with Gasteiger partial charge in [-0.2, -0.15) is 18.3 Å². The van der Waals surface area contributed by atoms with Crippen LogP contribution in [0.25, 0.3) is 5.69 Å². The van der Waals surface area contributed by atoms with Gasteiger partial charge in [0.2, 0.25) is 0 Å². The Labute approximate surface area is 102 Å². The van der Waals surface area contributed by atoms with E-state index in [1.807, 2.05) is 0 Å². The van der Waals surface area contributed by atoms with E-state index in [0.717, 1.165) is 11.6 Å². The van der Waals surface area contributed by atoms with Crippen molar-refractivity contribution in [2.45, 2.75) is 12.8 Å². The molecule has 0 spiro atoms. The van der Waals surface area contributed by atoms with E-state index in [9.17, 15) is 13.2 Å². The van der Waals surface area contributed by atoms with Crippen LogP contribution in [0, 0.1) is 0 Å². The number of nitrogens with zero attached hydrogens (tertiary/aromatic N) is 2. The zero-order chi connectivity index (χ0) is 13.2. The normalized spacial score (nSPS) is 11.8. The number of hydrogen-bond acceptors (Lipinski definition) is 2. The molecule has 0 N–H and O–H groups in total. The maximum atomic E-state index is 12.4. The van der Waals surface area contributed by atoms with Crippen molar-refractivity contribution < 1.29 is 17.9 Å². The summed E-state index contributed by atoms with van der Waals surface area (Å²) in [4.78, 5) is 0. The van der Waals surface area contributed by atoms with Crippen molar-refractivity contribution in [1.82, 2.24) is 9.78 Å². The van der Waals surface area contributed by atoms with E-state index >= 15 is 0 Å². The van der Waals surface area contributed by atoms with Crippen LogP contribution < -0.4 is 0 Å². The lowest BCUT2D eigenvalue weighted by Crippen LogP contribution is -2.07. The summed E-state index contributed by atoms with van der Waals surface area (Å²) in [6, 6.07) is 7.91. The Hall–Kier alpha value is -1.82. The van der Waals surface area contributed by atoms with Crippen LogP contribution >= 0.6 is 0 Å². The molecule has 18 heavy (non-hydrogen) atoms. The van der Waals surface area contributed by atoms with E-state index in [-0.39, 0.29) is 0 Å². The van der Waals surface area contributed by atoms with Crippen LogP contribution in [0.3, 0.4) is 0 Å². The van der Waals surface area contributed by atoms with E-state index in [0.29, 0.717) is 12.3 Å². The van der Waals surface area contributed by atoms with Gasteiger partial charge in [-0.15, -0.1) is 0 Å². The Morgan fingerprint density at radius 2 is 1.83 bits per heavy atom. The summed E-state index contributed by atoms with van der Waals surface area (Å²) in [5.41, 5.74) is 0.623. The van der Waals surface area contributed by atoms with Crippen molar-refractivity contribution in [2.24, 2.45) is 0 Å². The summed E-state index contributed by atoms with van der Waals surface area (Å²) in [6.45, 7) is 0.465. The maximum absolute atomic E-state index is 12.4. The molecule has 2 aromatic rings. The first kappa shape index (κ1) is 12.6. The van der Waals surface area contributed by atoms with E-state index in [2.05, 4.69) is 5.10 Å². The van der Waals surface area contributed by atoms with Gasteiger partial charge < -0.3 is 4.74 Å². The third-order valence-corrected chi connectivity index (χ3v) is 2.39. The highest BCUT2D eigenvalue weighted by atomic mass is 19.4. The van der Waals surface area contributed by atoms with E-state index in [1.54, 1.807) is 31.4 Å². The molecule has 6 heteroatoms. The summed E-state index contributed by atoms with van der Waals surface area (Å²) in [7, 11) is 1.58. The van der Waals surface area contributed by atoms with Gasteiger partial charge in [0.25, 0.3) is 0 Å². The Bertz CT molecular complexity index is 517. The van der Waals surface area contributed by atoms with Crippen molar-refractivity contribution in [3.63, 3.8) is 0 Å². The lowest BCUT2D eigenvalue weighted by molar-refractivity contribution is -0.141. The predicted octanol–water partition coefficient (Wildman–Crippen LogP) is 3.04. The number of rotatable bonds is 3. The molecule has 0 saturated heterocycles. The monoisotopic (exact) mass is 256 g/mol. The highest BCUT2D eigenvalue weighted by Gasteiger charge is 2.33. The summed E-state index contributed by atoms with van der Waals surface area (Å²) >= 11 is 0. The second kappa shape index (κ2) is 4.81. The fourth-order valence-electron chi connectivity index (χ4n) is 1.53. The van der Waals surface area contributed by atoms with Crippen LogP contribution in [-0.2, 0) is 17.5 Å². The van der Waals surface area contributed by atoms with Gasteiger partial charge in [0.05, 0.1) is 12.3 Å². The molecule has 0 aliphatic rings. The van der Waals surface area contributed by atoms with Gasteiger partial charge in [0.1, 0.15) is 0 Å². The van der Waals surface area contributed by atoms with Gasteiger partial charge >= 0.3 is 6.18 Å². The van der Waals surface area contributed by atoms with Gasteiger partial charge in [0.15, 0.2) is 5.69 Å². The highest BCUT2D eigenvalue weighted by molar-refractivity contribution is 5.34. The molecule has 0 unspecified atom stereocenters. The SMILES string of the molecule is COCc1ccc(-n2ccc(C(F)(F)F)n2)cc1. The molecule has 3 nitrogen and oxygen atoms in total. The molecule has 96 valence electrons. The van der Waals surface area contributed by atoms with Gasteiger partial charge in [-0.1, -0.05) is 12.1 Å². The maximum Gasteiger partial charge on any atom is 0.435 e. The number of methoxy groups -OCH3 is 1. The quantitative estimate of drug-likeness (QED) is 0.844. The summed E-state index contributed by atoms with van der Waals surface area (Å²) in [5, 5.41) is 3.49. The average molecular weight is 256 g/mol. The van der Waals surface area contributed by atoms with Crippen LogP contribution in [0.1, 0.15) is 11.3 Å². The fraction of sp³-hybridized carbons (Fsp3) is 0.250. The molecule has 1 aromatic carbocycles. The number of aromatic nitrogens is 2. The summed E-state index contributed by atoms with van der Waals surface area (Å²) in [6.07, 6.45) is -3.13. The molecule has 0 saturated carbocycles. The molecular weight excluding hydrogens is 245 g/mol. The van der Waals surface area contributed by atoms with Gasteiger partial charge in [0, 0.05) is 13.3 Å². The largest absolute Gasteiger partial charge is 0.435 e. The van der Waals surface area contributed by atoms with E-state index in [1.165, 1.54) is 10.9 Å². The number of hydrogen-bond donors (Lipinski definition) is 0. The van der Waals surface area contributed by atoms with Crippen molar-refractivity contribution >= 4 is 0 Å². The molecule has 0 aliphatic heterocycles. The smallest absolute Gasteiger partial charge is 0.380 e. The Morgan fingerprint density at radius 3 is 2.33 bits per heavy atom. The first-order valence-electron chi connectivity index (χ1n) is 5.22. The molecule has 1 heterocycles. The third-order valence-electron chi connectivity index (χ3n) is 2.39. The van der Waals surface area contributed by atoms with Gasteiger partial charge in [-0.05, 0) is 23.8 Å². The van der Waals surface area contributed by atoms with Gasteiger partial charge in [-0.25, -0.2) is 4.68 Å². The zero-order valence-corrected chi connectivity index (χ0v) is 9.61. The van der Waals surface area contributed by atoms with Crippen molar-refractivity contribution in [3.8, 4) is 5.69 Å². The third kappa shape index (κ3) is 2.70. The van der Waals surface area contributed by atoms with Crippen molar-refractivity contribution in [3.05, 3.63) is 47.8 Å². The Kier molecular flexibility index (Phi) is 3.38. The first-order chi connectivity index (χ1) is 8.50. The predicted molar refractivity (Wildman–Crippen MR) is 59.3 cm³/mol. The van der Waals surface area contributed by atoms with Crippen molar-refractivity contribution in [1.29, 1.82) is 0 Å². The molecule has 0 aliphatic carbocycles. The Balaban J connectivity index is 2.23. The highest BCUT2D eigenvalue weighted by Crippen LogP contribution is 2.27. The molecule has 0 radical (unpaired) electrons. The Morgan fingerprint density at radius 1 is 1.17 bits per heavy atom. The lowest BCUT2D eigenvalue weighted by atomic mass is 10.2. The van der Waals surface area contributed by atoms with Crippen LogP contribution in [0.15, 0.2) is 36.5 Å². The number of benzene rings is 1. The molecule has 0 bridgehead atoms. The minimum Gasteiger partial charge on any atom is -0.380 e. The van der Waals surface area contributed by atoms with Gasteiger partial charge in [-0.3, -0.25) is 0 Å². The van der Waals surface area contributed by atoms with Crippen LogP contribution in [0.5, 0.6) is 0 Å². The zero-order valence-electron chi connectivity index (χ0n) is 9.61. The van der Waals surface area contributed by atoms with Crippen LogP contribution in [-0.4, -0.2) is 16.9 Å². The molecule has 0 amide bonds. The standard InChI is InChI=1S/C12H11F3N2O/c1-18-8-9-2-4-10(5-3-9)17-7-6-11(16-17)12(13,14)15/h2-7H,8H2,1H3. The minimum absolute atomic E-state index is 0.465. The average Bonchev–Trinajstić information content (AvgIpc) is 2.79. The molecule has 1 aromatic heterocycles. The molecule has 0 atom stereocenters. The number of halogens is 3. The molecule has 0 fully saturated rings. The summed E-state index contributed by atoms with van der Waals surface area (Å²) < 4.78 is 43.3. The number of alkyl halides is 3. The van der Waals surface area contributed by atoms with E-state index in [4.69, 9.17) is 4.74 Å². The second-order valence-electron chi connectivity index (χ2n) is 3.74. The lowest BCUT2D eigenvalue weighted by Gasteiger charge is -2.04. The van der Waals surface area contributed by atoms with E-state index < -0.39 is 11.9 Å². The molecular formula is C12H11F3N2O. The minimum atomic E-state index is -4.42. The second-order valence-corrected chi connectivity index (χ2v) is 3.74. The van der Waals surface area contributed by atoms with Crippen molar-refractivity contribution in [2.75, 3.05) is 7.11 Å². The number of ether oxygens (including phenoxy) is 1.